The lowest BCUT2D eigenvalue weighted by molar-refractivity contribution is -0.133. The number of piperidine rings is 1. The third-order valence-electron chi connectivity index (χ3n) is 5.91. The Kier molecular flexibility index (Phi) is 7.61. The first kappa shape index (κ1) is 21.3. The van der Waals surface area contributed by atoms with Gasteiger partial charge in [-0.3, -0.25) is 14.8 Å². The van der Waals surface area contributed by atoms with Gasteiger partial charge in [0.1, 0.15) is 0 Å². The summed E-state index contributed by atoms with van der Waals surface area (Å²) in [4.78, 5) is 25.7. The van der Waals surface area contributed by atoms with Gasteiger partial charge < -0.3 is 10.6 Å². The average Bonchev–Trinajstić information content (AvgIpc) is 2.74. The Morgan fingerprint density at radius 2 is 1.86 bits per heavy atom. The van der Waals surface area contributed by atoms with Crippen LogP contribution in [0.3, 0.4) is 0 Å². The van der Waals surface area contributed by atoms with E-state index in [9.17, 15) is 9.59 Å². The van der Waals surface area contributed by atoms with Crippen molar-refractivity contribution in [2.24, 2.45) is 11.7 Å². The lowest BCUT2D eigenvalue weighted by Gasteiger charge is -2.32. The molecule has 1 aliphatic rings. The SMILES string of the molecule is N[C@H](CC(=O)N1CCC(CCCC(=O)NO)CC1)Cc1cccc2ccccc12. The summed E-state index contributed by atoms with van der Waals surface area (Å²) >= 11 is 0. The van der Waals surface area contributed by atoms with Crippen molar-refractivity contribution in [1.29, 1.82) is 0 Å². The van der Waals surface area contributed by atoms with E-state index >= 15 is 0 Å². The molecule has 6 nitrogen and oxygen atoms in total. The zero-order valence-electron chi connectivity index (χ0n) is 16.8. The van der Waals surface area contributed by atoms with E-state index in [1.54, 1.807) is 5.48 Å². The van der Waals surface area contributed by atoms with Crippen LogP contribution in [-0.4, -0.2) is 41.1 Å². The number of nitrogens with zero attached hydrogens (tertiary/aromatic N) is 1. The summed E-state index contributed by atoms with van der Waals surface area (Å²) < 4.78 is 0. The van der Waals surface area contributed by atoms with Gasteiger partial charge in [-0.2, -0.15) is 0 Å². The maximum atomic E-state index is 12.7. The molecule has 3 rings (SSSR count). The molecule has 0 spiro atoms. The predicted molar refractivity (Wildman–Crippen MR) is 113 cm³/mol. The average molecular weight is 398 g/mol. The number of hydrogen-bond acceptors (Lipinski definition) is 4. The van der Waals surface area contributed by atoms with Crippen LogP contribution in [0.15, 0.2) is 42.5 Å². The molecule has 0 unspecified atom stereocenters. The van der Waals surface area contributed by atoms with Crippen LogP contribution in [0.2, 0.25) is 0 Å². The number of hydrogen-bond donors (Lipinski definition) is 3. The summed E-state index contributed by atoms with van der Waals surface area (Å²) in [5.74, 6) is 0.337. The second kappa shape index (κ2) is 10.4. The smallest absolute Gasteiger partial charge is 0.243 e. The largest absolute Gasteiger partial charge is 0.343 e. The van der Waals surface area contributed by atoms with Crippen molar-refractivity contribution >= 4 is 22.6 Å². The van der Waals surface area contributed by atoms with Crippen molar-refractivity contribution in [3.63, 3.8) is 0 Å². The maximum absolute atomic E-state index is 12.7. The van der Waals surface area contributed by atoms with Crippen molar-refractivity contribution in [2.45, 2.75) is 51.0 Å². The standard InChI is InChI=1S/C23H31N3O3/c24-20(15-19-8-4-7-18-6-1-2-9-21(18)19)16-23(28)26-13-11-17(12-14-26)5-3-10-22(27)25-29/h1-2,4,6-9,17,20,29H,3,5,10-16,24H2,(H,25,27)/t20-/m0/s1. The highest BCUT2D eigenvalue weighted by Gasteiger charge is 2.24. The number of nitrogens with two attached hydrogens (primary N) is 1. The molecule has 0 bridgehead atoms. The fourth-order valence-electron chi connectivity index (χ4n) is 4.26. The van der Waals surface area contributed by atoms with Gasteiger partial charge in [-0.15, -0.1) is 0 Å². The van der Waals surface area contributed by atoms with E-state index in [1.807, 2.05) is 23.1 Å². The number of rotatable bonds is 8. The third kappa shape index (κ3) is 6.02. The van der Waals surface area contributed by atoms with E-state index in [0.717, 1.165) is 38.8 Å². The first-order chi connectivity index (χ1) is 14.1. The van der Waals surface area contributed by atoms with E-state index < -0.39 is 0 Å². The second-order valence-corrected chi connectivity index (χ2v) is 8.06. The maximum Gasteiger partial charge on any atom is 0.243 e. The van der Waals surface area contributed by atoms with E-state index in [0.29, 0.717) is 25.2 Å². The molecule has 1 aliphatic heterocycles. The summed E-state index contributed by atoms with van der Waals surface area (Å²) in [6, 6.07) is 14.3. The Balaban J connectivity index is 1.44. The molecule has 0 aliphatic carbocycles. The van der Waals surface area contributed by atoms with Crippen LogP contribution in [0.25, 0.3) is 10.8 Å². The molecule has 1 atom stereocenters. The number of carbonyl (C=O) groups is 2. The molecule has 0 aromatic heterocycles. The van der Waals surface area contributed by atoms with Crippen LogP contribution in [-0.2, 0) is 16.0 Å². The molecular weight excluding hydrogens is 366 g/mol. The van der Waals surface area contributed by atoms with Crippen molar-refractivity contribution < 1.29 is 14.8 Å². The first-order valence-corrected chi connectivity index (χ1v) is 10.5. The first-order valence-electron chi connectivity index (χ1n) is 10.5. The summed E-state index contributed by atoms with van der Waals surface area (Å²) in [6.45, 7) is 1.52. The minimum Gasteiger partial charge on any atom is -0.343 e. The number of carbonyl (C=O) groups excluding carboxylic acids is 2. The summed E-state index contributed by atoms with van der Waals surface area (Å²) in [5, 5.41) is 10.9. The van der Waals surface area contributed by atoms with Crippen LogP contribution in [0, 0.1) is 5.92 Å². The van der Waals surface area contributed by atoms with Crippen molar-refractivity contribution in [2.75, 3.05) is 13.1 Å². The molecule has 6 heteroatoms. The molecule has 0 saturated carbocycles. The van der Waals surface area contributed by atoms with Gasteiger partial charge in [0.15, 0.2) is 0 Å². The summed E-state index contributed by atoms with van der Waals surface area (Å²) in [5.41, 5.74) is 9.19. The number of hydroxylamine groups is 1. The normalized spacial score (nSPS) is 16.0. The minimum absolute atomic E-state index is 0.135. The topological polar surface area (TPSA) is 95.7 Å². The van der Waals surface area contributed by atoms with E-state index in [4.69, 9.17) is 10.9 Å². The highest BCUT2D eigenvalue weighted by molar-refractivity contribution is 5.85. The Morgan fingerprint density at radius 3 is 2.62 bits per heavy atom. The Morgan fingerprint density at radius 1 is 1.14 bits per heavy atom. The molecule has 1 saturated heterocycles. The molecule has 0 radical (unpaired) electrons. The Labute approximate surface area is 172 Å². The van der Waals surface area contributed by atoms with Gasteiger partial charge >= 0.3 is 0 Å². The number of likely N-dealkylation sites (tertiary alicyclic amines) is 1. The van der Waals surface area contributed by atoms with Gasteiger partial charge in [-0.05, 0) is 54.4 Å². The Hall–Kier alpha value is -2.44. The van der Waals surface area contributed by atoms with Gasteiger partial charge in [0, 0.05) is 32.0 Å². The molecule has 2 amide bonds. The zero-order chi connectivity index (χ0) is 20.6. The highest BCUT2D eigenvalue weighted by Crippen LogP contribution is 2.24. The molecule has 1 fully saturated rings. The van der Waals surface area contributed by atoms with Crippen molar-refractivity contribution in [3.8, 4) is 0 Å². The van der Waals surface area contributed by atoms with E-state index in [-0.39, 0.29) is 17.9 Å². The molecule has 4 N–H and O–H groups in total. The fraction of sp³-hybridized carbons (Fsp3) is 0.478. The van der Waals surface area contributed by atoms with Crippen LogP contribution in [0.5, 0.6) is 0 Å². The monoisotopic (exact) mass is 397 g/mol. The van der Waals surface area contributed by atoms with Gasteiger partial charge in [0.2, 0.25) is 11.8 Å². The molecule has 2 aromatic rings. The van der Waals surface area contributed by atoms with Gasteiger partial charge in [-0.25, -0.2) is 5.48 Å². The fourth-order valence-corrected chi connectivity index (χ4v) is 4.26. The van der Waals surface area contributed by atoms with E-state index in [1.165, 1.54) is 16.3 Å². The highest BCUT2D eigenvalue weighted by atomic mass is 16.5. The Bertz CT molecular complexity index is 826. The van der Waals surface area contributed by atoms with Crippen LogP contribution < -0.4 is 11.2 Å². The lowest BCUT2D eigenvalue weighted by Crippen LogP contribution is -2.41. The summed E-state index contributed by atoms with van der Waals surface area (Å²) in [6.07, 6.45) is 5.05. The summed E-state index contributed by atoms with van der Waals surface area (Å²) in [7, 11) is 0. The van der Waals surface area contributed by atoms with Crippen LogP contribution in [0.1, 0.15) is 44.1 Å². The van der Waals surface area contributed by atoms with Crippen LogP contribution >= 0.6 is 0 Å². The quantitative estimate of drug-likeness (QED) is 0.471. The van der Waals surface area contributed by atoms with Crippen molar-refractivity contribution in [1.82, 2.24) is 10.4 Å². The third-order valence-corrected chi connectivity index (χ3v) is 5.91. The molecule has 156 valence electrons. The predicted octanol–water partition coefficient (Wildman–Crippen LogP) is 3.01. The van der Waals surface area contributed by atoms with E-state index in [2.05, 4.69) is 24.3 Å². The minimum atomic E-state index is -0.335. The van der Waals surface area contributed by atoms with Gasteiger partial charge in [0.05, 0.1) is 0 Å². The second-order valence-electron chi connectivity index (χ2n) is 8.06. The molecular formula is C23H31N3O3. The number of benzene rings is 2. The molecule has 1 heterocycles. The zero-order valence-corrected chi connectivity index (χ0v) is 16.8. The van der Waals surface area contributed by atoms with Gasteiger partial charge in [-0.1, -0.05) is 42.5 Å². The molecule has 29 heavy (non-hydrogen) atoms. The van der Waals surface area contributed by atoms with Gasteiger partial charge in [0.25, 0.3) is 0 Å². The molecule has 2 aromatic carbocycles. The van der Waals surface area contributed by atoms with Crippen LogP contribution in [0.4, 0.5) is 0 Å². The number of nitrogens with one attached hydrogen (secondary N) is 1. The number of fused-ring (bicyclic) bond motifs is 1. The van der Waals surface area contributed by atoms with Crippen molar-refractivity contribution in [3.05, 3.63) is 48.0 Å². The number of amides is 2. The lowest BCUT2D eigenvalue weighted by atomic mass is 9.91.